The minimum atomic E-state index is -2.19. The predicted molar refractivity (Wildman–Crippen MR) is 324 cm³/mol. The molecule has 10 aromatic carbocycles. The smallest absolute Gasteiger partial charge is 0.121 e. The number of aromatic nitrogens is 3. The molecular formula is C73H61IrN3O-2. The zero-order valence-electron chi connectivity index (χ0n) is 47.9. The largest absolute Gasteiger partial charge is 0.501 e. The van der Waals surface area contributed by atoms with Gasteiger partial charge in [-0.05, 0) is 125 Å². The molecule has 1 radical (unpaired) electrons. The Kier molecular flexibility index (Phi) is 13.2. The van der Waals surface area contributed by atoms with Crippen molar-refractivity contribution in [3.05, 3.63) is 247 Å². The summed E-state index contributed by atoms with van der Waals surface area (Å²) in [6, 6.07) is 78.2. The summed E-state index contributed by atoms with van der Waals surface area (Å²) in [6.45, 7) is 13.4. The Morgan fingerprint density at radius 1 is 0.564 bits per heavy atom. The Bertz CT molecular complexity index is 4390. The molecule has 0 unspecified atom stereocenters. The van der Waals surface area contributed by atoms with Crippen LogP contribution in [0.2, 0.25) is 0 Å². The Hall–Kier alpha value is -8.21. The number of rotatable bonds is 8. The second kappa shape index (κ2) is 21.3. The molecule has 3 heterocycles. The summed E-state index contributed by atoms with van der Waals surface area (Å²) >= 11 is 0. The van der Waals surface area contributed by atoms with Crippen molar-refractivity contribution in [2.24, 2.45) is 0 Å². The normalized spacial score (nSPS) is 12.4. The number of fused-ring (bicyclic) bond motifs is 7. The molecule has 0 aliphatic heterocycles. The number of furan rings is 1. The first kappa shape index (κ1) is 48.2. The third kappa shape index (κ3) is 9.79. The van der Waals surface area contributed by atoms with Crippen LogP contribution in [0.4, 0.5) is 0 Å². The number of para-hydroxylation sites is 2. The van der Waals surface area contributed by atoms with Crippen LogP contribution in [0.15, 0.2) is 217 Å². The third-order valence-corrected chi connectivity index (χ3v) is 15.0. The van der Waals surface area contributed by atoms with E-state index in [1.165, 1.54) is 60.6 Å². The van der Waals surface area contributed by atoms with Crippen LogP contribution in [0, 0.1) is 19.0 Å². The van der Waals surface area contributed by atoms with Crippen molar-refractivity contribution in [2.75, 3.05) is 0 Å². The molecule has 0 saturated carbocycles. The SMILES string of the molecule is CC(C)c1cc(-c2ccc(-c3ccccc3)cc2)cc(C(C)C)c1-n1c(-c2[c-]ccc3c2oc2cc4c(ccc5ccccc54)cc23)nc2ccccc21.[2H]C([2H])([2H])c1c[c-]c(-c2ccc(C(C)(C)C)cn2)cc1-c1ccccc1.[Ir]. The summed E-state index contributed by atoms with van der Waals surface area (Å²) in [7, 11) is 0. The van der Waals surface area contributed by atoms with Crippen LogP contribution >= 0.6 is 0 Å². The molecule has 0 spiro atoms. The maximum absolute atomic E-state index is 7.83. The molecule has 0 aliphatic rings. The summed E-state index contributed by atoms with van der Waals surface area (Å²) in [6.07, 6.45) is 1.88. The number of hydrogen-bond donors (Lipinski definition) is 0. The maximum atomic E-state index is 7.83. The van der Waals surface area contributed by atoms with Gasteiger partial charge in [0, 0.05) is 41.5 Å². The topological polar surface area (TPSA) is 43.9 Å². The van der Waals surface area contributed by atoms with Crippen LogP contribution in [0.1, 0.15) is 86.7 Å². The summed E-state index contributed by atoms with van der Waals surface area (Å²) in [5, 5.41) is 7.00. The van der Waals surface area contributed by atoms with E-state index in [4.69, 9.17) is 13.5 Å². The van der Waals surface area contributed by atoms with E-state index in [-0.39, 0.29) is 37.4 Å². The van der Waals surface area contributed by atoms with Crippen LogP contribution in [0.3, 0.4) is 0 Å². The summed E-state index contributed by atoms with van der Waals surface area (Å²) in [5.41, 5.74) is 17.8. The number of hydrogen-bond acceptors (Lipinski definition) is 3. The quantitative estimate of drug-likeness (QED) is 0.112. The van der Waals surface area contributed by atoms with E-state index >= 15 is 0 Å². The monoisotopic (exact) mass is 1190 g/mol. The van der Waals surface area contributed by atoms with Gasteiger partial charge < -0.3 is 14.0 Å². The summed E-state index contributed by atoms with van der Waals surface area (Å²) < 4.78 is 32.7. The predicted octanol–water partition coefficient (Wildman–Crippen LogP) is 20.1. The molecule has 0 fully saturated rings. The number of pyridine rings is 1. The fourth-order valence-electron chi connectivity index (χ4n) is 10.8. The molecule has 78 heavy (non-hydrogen) atoms. The first-order valence-electron chi connectivity index (χ1n) is 28.2. The van der Waals surface area contributed by atoms with Gasteiger partial charge in [-0.25, -0.2) is 0 Å². The standard InChI is InChI=1S/C51H39N2O.C22H22N.Ir/c1-31(2)42-28-38(35-23-21-34(22-24-35)33-13-6-5-7-14-33)29-43(32(3)4)49(42)53-47-20-11-10-19-46(47)52-51(53)41-18-12-17-40-45-27-37-26-25-36-15-8-9-16-39(36)44(37)30-48(45)54-50(40)41;1-16-10-11-18(14-20(16)17-8-6-5-7-9-17)21-13-12-19(15-23-21)22(2,3)4;/h5-17,19-32H,1-4H3;5-10,12-15H,1-4H3;/q2*-1;/i;1D3;. The van der Waals surface area contributed by atoms with Gasteiger partial charge in [-0.2, -0.15) is 0 Å². The molecular weight excluding hydrogens is 1130 g/mol. The van der Waals surface area contributed by atoms with Gasteiger partial charge in [0.25, 0.3) is 0 Å². The van der Waals surface area contributed by atoms with Crippen molar-refractivity contribution in [3.63, 3.8) is 0 Å². The Morgan fingerprint density at radius 3 is 1.88 bits per heavy atom. The fourth-order valence-corrected chi connectivity index (χ4v) is 10.8. The van der Waals surface area contributed by atoms with Gasteiger partial charge in [-0.3, -0.25) is 4.98 Å². The van der Waals surface area contributed by atoms with Crippen molar-refractivity contribution in [2.45, 2.75) is 72.6 Å². The molecule has 385 valence electrons. The van der Waals surface area contributed by atoms with Gasteiger partial charge in [-0.1, -0.05) is 217 Å². The van der Waals surface area contributed by atoms with Crippen molar-refractivity contribution < 1.29 is 28.6 Å². The minimum absolute atomic E-state index is 0. The van der Waals surface area contributed by atoms with Gasteiger partial charge in [0.05, 0.1) is 22.4 Å². The molecule has 4 nitrogen and oxygen atoms in total. The van der Waals surface area contributed by atoms with Gasteiger partial charge in [0.15, 0.2) is 0 Å². The summed E-state index contributed by atoms with van der Waals surface area (Å²) in [5.74, 6) is 1.34. The average Bonchev–Trinajstić information content (AvgIpc) is 4.29. The fraction of sp³-hybridized carbons (Fsp3) is 0.151. The van der Waals surface area contributed by atoms with Crippen LogP contribution in [-0.2, 0) is 25.5 Å². The van der Waals surface area contributed by atoms with E-state index in [2.05, 4.69) is 222 Å². The van der Waals surface area contributed by atoms with Crippen LogP contribution in [-0.4, -0.2) is 14.5 Å². The molecule has 5 heteroatoms. The van der Waals surface area contributed by atoms with Gasteiger partial charge in [-0.15, -0.1) is 47.5 Å². The van der Waals surface area contributed by atoms with Crippen molar-refractivity contribution >= 4 is 54.5 Å². The van der Waals surface area contributed by atoms with Gasteiger partial charge in [0.2, 0.25) is 0 Å². The molecule has 13 rings (SSSR count). The first-order valence-corrected chi connectivity index (χ1v) is 26.7. The second-order valence-corrected chi connectivity index (χ2v) is 21.8. The molecule has 0 N–H and O–H groups in total. The van der Waals surface area contributed by atoms with Crippen LogP contribution in [0.5, 0.6) is 0 Å². The third-order valence-electron chi connectivity index (χ3n) is 15.0. The van der Waals surface area contributed by atoms with Crippen molar-refractivity contribution in [3.8, 4) is 61.7 Å². The van der Waals surface area contributed by atoms with E-state index in [0.29, 0.717) is 11.1 Å². The number of nitrogens with zero attached hydrogens (tertiary/aromatic N) is 3. The van der Waals surface area contributed by atoms with Crippen LogP contribution < -0.4 is 0 Å². The van der Waals surface area contributed by atoms with Crippen molar-refractivity contribution in [1.82, 2.24) is 14.5 Å². The molecule has 0 bridgehead atoms. The zero-order chi connectivity index (χ0) is 55.5. The molecule has 0 atom stereocenters. The van der Waals surface area contributed by atoms with E-state index in [1.54, 1.807) is 6.07 Å². The number of aryl methyl sites for hydroxylation is 1. The molecule has 3 aromatic heterocycles. The molecule has 0 amide bonds. The number of benzene rings is 10. The Labute approximate surface area is 476 Å². The maximum Gasteiger partial charge on any atom is 0.121 e. The average molecular weight is 1190 g/mol. The van der Waals surface area contributed by atoms with E-state index < -0.39 is 6.85 Å². The molecule has 13 aromatic rings. The Morgan fingerprint density at radius 2 is 1.21 bits per heavy atom. The Balaban J connectivity index is 0.000000216. The van der Waals surface area contributed by atoms with E-state index in [1.807, 2.05) is 54.7 Å². The molecule has 0 saturated heterocycles. The second-order valence-electron chi connectivity index (χ2n) is 21.8. The number of imidazole rings is 1. The van der Waals surface area contributed by atoms with Crippen LogP contribution in [0.25, 0.3) is 116 Å². The first-order chi connectivity index (χ1) is 38.6. The van der Waals surface area contributed by atoms with Gasteiger partial charge >= 0.3 is 0 Å². The summed E-state index contributed by atoms with van der Waals surface area (Å²) in [4.78, 5) is 9.94. The minimum Gasteiger partial charge on any atom is -0.501 e. The van der Waals surface area contributed by atoms with Gasteiger partial charge in [0.1, 0.15) is 5.58 Å². The van der Waals surface area contributed by atoms with Crippen molar-refractivity contribution in [1.29, 1.82) is 0 Å². The zero-order valence-corrected chi connectivity index (χ0v) is 47.3. The van der Waals surface area contributed by atoms with E-state index in [0.717, 1.165) is 66.7 Å². The van der Waals surface area contributed by atoms with E-state index in [9.17, 15) is 0 Å². The molecule has 0 aliphatic carbocycles.